The predicted molar refractivity (Wildman–Crippen MR) is 56.0 cm³/mol. The normalized spacial score (nSPS) is 14.4. The van der Waals surface area contributed by atoms with Gasteiger partial charge >= 0.3 is 0 Å². The minimum absolute atomic E-state index is 0.829. The van der Waals surface area contributed by atoms with Crippen molar-refractivity contribution in [3.8, 4) is 5.82 Å². The number of pyridine rings is 1. The summed E-state index contributed by atoms with van der Waals surface area (Å²) in [6.07, 6.45) is 5.34. The summed E-state index contributed by atoms with van der Waals surface area (Å²) in [5.41, 5.74) is 2.26. The summed E-state index contributed by atoms with van der Waals surface area (Å²) >= 11 is 0. The molecule has 0 saturated carbocycles. The number of fused-ring (bicyclic) bond motifs is 1. The number of aromatic nitrogens is 4. The maximum absolute atomic E-state index is 4.55. The molecule has 3 heterocycles. The van der Waals surface area contributed by atoms with Crippen molar-refractivity contribution in [2.75, 3.05) is 11.9 Å². The number of aryl methyl sites for hydroxylation is 1. The molecule has 1 aliphatic heterocycles. The fraction of sp³-hybridized carbons (Fsp3) is 0.300. The summed E-state index contributed by atoms with van der Waals surface area (Å²) in [6, 6.07) is 4.00. The number of rotatable bonds is 1. The molecule has 0 spiro atoms. The summed E-state index contributed by atoms with van der Waals surface area (Å²) in [4.78, 5) is 8.46. The van der Waals surface area contributed by atoms with Gasteiger partial charge in [-0.2, -0.15) is 5.10 Å². The molecule has 2 aromatic heterocycles. The van der Waals surface area contributed by atoms with Crippen LogP contribution in [0.2, 0.25) is 0 Å². The van der Waals surface area contributed by atoms with Crippen molar-refractivity contribution in [1.29, 1.82) is 0 Å². The van der Waals surface area contributed by atoms with Crippen LogP contribution in [0.4, 0.5) is 5.69 Å². The van der Waals surface area contributed by atoms with Crippen LogP contribution in [0.1, 0.15) is 12.1 Å². The van der Waals surface area contributed by atoms with E-state index in [1.165, 1.54) is 6.33 Å². The van der Waals surface area contributed by atoms with Crippen molar-refractivity contribution >= 4 is 5.69 Å². The van der Waals surface area contributed by atoms with E-state index in [-0.39, 0.29) is 0 Å². The SMILES string of the molecule is c1ncn(-c2ccc3c(n2)CCCN3)n1. The monoisotopic (exact) mass is 201 g/mol. The fourth-order valence-electron chi connectivity index (χ4n) is 1.77. The summed E-state index contributed by atoms with van der Waals surface area (Å²) < 4.78 is 1.68. The lowest BCUT2D eigenvalue weighted by Gasteiger charge is -2.17. The Morgan fingerprint density at radius 3 is 3.20 bits per heavy atom. The van der Waals surface area contributed by atoms with Crippen LogP contribution >= 0.6 is 0 Å². The molecule has 2 aromatic rings. The zero-order chi connectivity index (χ0) is 10.1. The van der Waals surface area contributed by atoms with Crippen molar-refractivity contribution in [1.82, 2.24) is 19.7 Å². The van der Waals surface area contributed by atoms with Crippen molar-refractivity contribution in [3.05, 3.63) is 30.5 Å². The van der Waals surface area contributed by atoms with Crippen molar-refractivity contribution < 1.29 is 0 Å². The molecule has 0 amide bonds. The molecule has 0 atom stereocenters. The standard InChI is InChI=1S/C10H11N5/c1-2-9-8(12-5-1)3-4-10(14-9)15-7-11-6-13-15/h3-4,6-7,12H,1-2,5H2. The second-order valence-corrected chi connectivity index (χ2v) is 3.53. The molecule has 0 saturated heterocycles. The fourth-order valence-corrected chi connectivity index (χ4v) is 1.77. The third kappa shape index (κ3) is 1.45. The topological polar surface area (TPSA) is 55.6 Å². The molecular weight excluding hydrogens is 190 g/mol. The highest BCUT2D eigenvalue weighted by atomic mass is 15.3. The molecule has 0 aliphatic carbocycles. The quantitative estimate of drug-likeness (QED) is 0.748. The van der Waals surface area contributed by atoms with E-state index < -0.39 is 0 Å². The summed E-state index contributed by atoms with van der Waals surface area (Å²) in [5, 5.41) is 7.39. The Morgan fingerprint density at radius 1 is 1.33 bits per heavy atom. The van der Waals surface area contributed by atoms with Crippen LogP contribution in [0, 0.1) is 0 Å². The Morgan fingerprint density at radius 2 is 2.33 bits per heavy atom. The van der Waals surface area contributed by atoms with Crippen LogP contribution in [0.25, 0.3) is 5.82 Å². The number of anilines is 1. The zero-order valence-electron chi connectivity index (χ0n) is 8.22. The molecule has 0 fully saturated rings. The van der Waals surface area contributed by atoms with Gasteiger partial charge in [-0.25, -0.2) is 14.6 Å². The first kappa shape index (κ1) is 8.40. The van der Waals surface area contributed by atoms with E-state index in [4.69, 9.17) is 0 Å². The lowest BCUT2D eigenvalue weighted by molar-refractivity contribution is 0.775. The van der Waals surface area contributed by atoms with Crippen molar-refractivity contribution in [2.45, 2.75) is 12.8 Å². The molecule has 0 bridgehead atoms. The largest absolute Gasteiger partial charge is 0.384 e. The van der Waals surface area contributed by atoms with Crippen molar-refractivity contribution in [3.63, 3.8) is 0 Å². The average molecular weight is 201 g/mol. The van der Waals surface area contributed by atoms with Crippen LogP contribution < -0.4 is 5.32 Å². The van der Waals surface area contributed by atoms with Gasteiger partial charge in [0.25, 0.3) is 0 Å². The Labute approximate surface area is 87.2 Å². The Kier molecular flexibility index (Phi) is 1.87. The molecule has 0 unspecified atom stereocenters. The van der Waals surface area contributed by atoms with E-state index in [0.29, 0.717) is 0 Å². The average Bonchev–Trinajstić information content (AvgIpc) is 2.82. The summed E-state index contributed by atoms with van der Waals surface area (Å²) in [7, 11) is 0. The summed E-state index contributed by atoms with van der Waals surface area (Å²) in [5.74, 6) is 0.829. The van der Waals surface area contributed by atoms with Gasteiger partial charge < -0.3 is 5.32 Å². The van der Waals surface area contributed by atoms with Gasteiger partial charge in [0.1, 0.15) is 12.7 Å². The van der Waals surface area contributed by atoms with Gasteiger partial charge in [0.2, 0.25) is 0 Å². The highest BCUT2D eigenvalue weighted by molar-refractivity contribution is 5.51. The van der Waals surface area contributed by atoms with E-state index in [2.05, 4.69) is 26.4 Å². The molecule has 5 heteroatoms. The minimum Gasteiger partial charge on any atom is -0.384 e. The Hall–Kier alpha value is -1.91. The van der Waals surface area contributed by atoms with Gasteiger partial charge in [-0.3, -0.25) is 0 Å². The highest BCUT2D eigenvalue weighted by Gasteiger charge is 2.10. The second-order valence-electron chi connectivity index (χ2n) is 3.53. The molecule has 0 aromatic carbocycles. The summed E-state index contributed by atoms with van der Waals surface area (Å²) in [6.45, 7) is 1.04. The molecule has 3 rings (SSSR count). The molecule has 15 heavy (non-hydrogen) atoms. The second kappa shape index (κ2) is 3.34. The lowest BCUT2D eigenvalue weighted by atomic mass is 10.1. The van der Waals surface area contributed by atoms with Gasteiger partial charge in [-0.1, -0.05) is 0 Å². The van der Waals surface area contributed by atoms with Crippen LogP contribution in [0.3, 0.4) is 0 Å². The number of hydrogen-bond donors (Lipinski definition) is 1. The van der Waals surface area contributed by atoms with E-state index in [0.717, 1.165) is 36.6 Å². The van der Waals surface area contributed by atoms with Crippen LogP contribution in [0.15, 0.2) is 24.8 Å². The van der Waals surface area contributed by atoms with Crippen molar-refractivity contribution in [2.24, 2.45) is 0 Å². The van der Waals surface area contributed by atoms with Crippen LogP contribution in [-0.4, -0.2) is 26.3 Å². The van der Waals surface area contributed by atoms with Gasteiger partial charge in [-0.15, -0.1) is 0 Å². The van der Waals surface area contributed by atoms with Crippen LogP contribution in [-0.2, 0) is 6.42 Å². The number of nitrogens with zero attached hydrogens (tertiary/aromatic N) is 4. The van der Waals surface area contributed by atoms with E-state index in [9.17, 15) is 0 Å². The van der Waals surface area contributed by atoms with Gasteiger partial charge in [-0.05, 0) is 25.0 Å². The third-order valence-electron chi connectivity index (χ3n) is 2.52. The maximum atomic E-state index is 4.55. The first-order chi connectivity index (χ1) is 7.43. The van der Waals surface area contributed by atoms with E-state index in [1.54, 1.807) is 11.0 Å². The molecular formula is C10H11N5. The molecule has 0 radical (unpaired) electrons. The molecule has 1 aliphatic rings. The van der Waals surface area contributed by atoms with Gasteiger partial charge in [0, 0.05) is 6.54 Å². The minimum atomic E-state index is 0.829. The van der Waals surface area contributed by atoms with E-state index >= 15 is 0 Å². The molecule has 76 valence electrons. The predicted octanol–water partition coefficient (Wildman–Crippen LogP) is 1.02. The van der Waals surface area contributed by atoms with Crippen LogP contribution in [0.5, 0.6) is 0 Å². The highest BCUT2D eigenvalue weighted by Crippen LogP contribution is 2.20. The lowest BCUT2D eigenvalue weighted by Crippen LogP contribution is -2.14. The van der Waals surface area contributed by atoms with Gasteiger partial charge in [0.05, 0.1) is 11.4 Å². The Bertz CT molecular complexity index is 463. The smallest absolute Gasteiger partial charge is 0.155 e. The third-order valence-corrected chi connectivity index (χ3v) is 2.52. The van der Waals surface area contributed by atoms with E-state index in [1.807, 2.05) is 6.07 Å². The maximum Gasteiger partial charge on any atom is 0.155 e. The first-order valence-corrected chi connectivity index (χ1v) is 5.02. The first-order valence-electron chi connectivity index (χ1n) is 5.02. The Balaban J connectivity index is 2.04. The van der Waals surface area contributed by atoms with Gasteiger partial charge in [0.15, 0.2) is 5.82 Å². The number of nitrogens with one attached hydrogen (secondary N) is 1. The number of hydrogen-bond acceptors (Lipinski definition) is 4. The molecule has 1 N–H and O–H groups in total. The molecule has 5 nitrogen and oxygen atoms in total. The zero-order valence-corrected chi connectivity index (χ0v) is 8.22.